The summed E-state index contributed by atoms with van der Waals surface area (Å²) in [6.07, 6.45) is 2.69. The van der Waals surface area contributed by atoms with Crippen LogP contribution >= 0.6 is 0 Å². The van der Waals surface area contributed by atoms with Gasteiger partial charge >= 0.3 is 0 Å². The number of hydrogen-bond donors (Lipinski definition) is 1. The van der Waals surface area contributed by atoms with Gasteiger partial charge in [-0.1, -0.05) is 0 Å². The first kappa shape index (κ1) is 14.8. The van der Waals surface area contributed by atoms with Crippen LogP contribution in [0.2, 0.25) is 0 Å². The fourth-order valence-electron chi connectivity index (χ4n) is 2.84. The van der Waals surface area contributed by atoms with E-state index in [2.05, 4.69) is 19.2 Å². The van der Waals surface area contributed by atoms with Gasteiger partial charge in [-0.15, -0.1) is 0 Å². The summed E-state index contributed by atoms with van der Waals surface area (Å²) in [5.41, 5.74) is 0. The number of rotatable bonds is 4. The van der Waals surface area contributed by atoms with Crippen molar-refractivity contribution in [3.8, 4) is 0 Å². The molecule has 1 N–H and O–H groups in total. The fourth-order valence-corrected chi connectivity index (χ4v) is 2.84. The van der Waals surface area contributed by atoms with Crippen molar-refractivity contribution in [3.05, 3.63) is 0 Å². The molecule has 2 atom stereocenters. The van der Waals surface area contributed by atoms with Crippen molar-refractivity contribution in [2.24, 2.45) is 0 Å². The zero-order valence-corrected chi connectivity index (χ0v) is 12.1. The van der Waals surface area contributed by atoms with E-state index in [1.807, 2.05) is 4.90 Å². The first-order chi connectivity index (χ1) is 9.15. The topological polar surface area (TPSA) is 50.8 Å². The van der Waals surface area contributed by atoms with Gasteiger partial charge in [0, 0.05) is 38.4 Å². The SMILES string of the molecule is CC1CN(C(=O)CCOC2CCOCC2)CC(C)N1. The van der Waals surface area contributed by atoms with Gasteiger partial charge in [0.15, 0.2) is 0 Å². The predicted octanol–water partition coefficient (Wildman–Crippen LogP) is 0.781. The Bertz CT molecular complexity index is 282. The van der Waals surface area contributed by atoms with Crippen LogP contribution in [-0.4, -0.2) is 61.9 Å². The Labute approximate surface area is 115 Å². The molecule has 19 heavy (non-hydrogen) atoms. The molecular formula is C14H26N2O3. The standard InChI is InChI=1S/C14H26N2O3/c1-11-9-16(10-12(2)15-11)14(17)5-8-19-13-3-6-18-7-4-13/h11-13,15H,3-10H2,1-2H3. The van der Waals surface area contributed by atoms with Gasteiger partial charge in [-0.05, 0) is 26.7 Å². The van der Waals surface area contributed by atoms with Gasteiger partial charge in [-0.2, -0.15) is 0 Å². The average molecular weight is 270 g/mol. The number of nitrogens with one attached hydrogen (secondary N) is 1. The maximum absolute atomic E-state index is 12.1. The molecule has 2 rings (SSSR count). The predicted molar refractivity (Wildman–Crippen MR) is 73.0 cm³/mol. The molecule has 1 amide bonds. The first-order valence-electron chi connectivity index (χ1n) is 7.38. The van der Waals surface area contributed by atoms with Gasteiger partial charge < -0.3 is 19.7 Å². The van der Waals surface area contributed by atoms with Crippen molar-refractivity contribution in [1.82, 2.24) is 10.2 Å². The van der Waals surface area contributed by atoms with Crippen LogP contribution in [0.5, 0.6) is 0 Å². The zero-order chi connectivity index (χ0) is 13.7. The molecule has 0 aliphatic carbocycles. The summed E-state index contributed by atoms with van der Waals surface area (Å²) < 4.78 is 11.0. The molecule has 0 spiro atoms. The Morgan fingerprint density at radius 3 is 2.53 bits per heavy atom. The van der Waals surface area contributed by atoms with Crippen molar-refractivity contribution in [2.45, 2.75) is 51.3 Å². The molecule has 0 saturated carbocycles. The van der Waals surface area contributed by atoms with Gasteiger partial charge in [0.1, 0.15) is 0 Å². The Morgan fingerprint density at radius 1 is 1.26 bits per heavy atom. The van der Waals surface area contributed by atoms with Crippen molar-refractivity contribution in [1.29, 1.82) is 0 Å². The highest BCUT2D eigenvalue weighted by atomic mass is 16.5. The van der Waals surface area contributed by atoms with E-state index in [1.54, 1.807) is 0 Å². The minimum Gasteiger partial charge on any atom is -0.381 e. The lowest BCUT2D eigenvalue weighted by molar-refractivity contribution is -0.135. The summed E-state index contributed by atoms with van der Waals surface area (Å²) >= 11 is 0. The molecule has 2 saturated heterocycles. The zero-order valence-electron chi connectivity index (χ0n) is 12.1. The number of piperazine rings is 1. The van der Waals surface area contributed by atoms with Crippen molar-refractivity contribution in [2.75, 3.05) is 32.9 Å². The lowest BCUT2D eigenvalue weighted by Crippen LogP contribution is -2.56. The van der Waals surface area contributed by atoms with Gasteiger partial charge in [0.05, 0.1) is 19.1 Å². The van der Waals surface area contributed by atoms with E-state index in [0.29, 0.717) is 25.1 Å². The molecule has 0 radical (unpaired) electrons. The van der Waals surface area contributed by atoms with Crippen molar-refractivity contribution < 1.29 is 14.3 Å². The Hall–Kier alpha value is -0.650. The molecule has 2 aliphatic heterocycles. The third-order valence-corrected chi connectivity index (χ3v) is 3.75. The molecule has 5 nitrogen and oxygen atoms in total. The third kappa shape index (κ3) is 4.75. The molecular weight excluding hydrogens is 244 g/mol. The van der Waals surface area contributed by atoms with Crippen LogP contribution in [-0.2, 0) is 14.3 Å². The number of ether oxygens (including phenoxy) is 2. The van der Waals surface area contributed by atoms with Crippen LogP contribution in [0.3, 0.4) is 0 Å². The molecule has 2 heterocycles. The van der Waals surface area contributed by atoms with E-state index in [-0.39, 0.29) is 12.0 Å². The second kappa shape index (κ2) is 7.22. The highest BCUT2D eigenvalue weighted by molar-refractivity contribution is 5.76. The van der Waals surface area contributed by atoms with E-state index in [9.17, 15) is 4.79 Å². The molecule has 2 aliphatic rings. The van der Waals surface area contributed by atoms with Crippen LogP contribution in [0.1, 0.15) is 33.1 Å². The summed E-state index contributed by atoms with van der Waals surface area (Å²) in [4.78, 5) is 14.1. The van der Waals surface area contributed by atoms with Crippen molar-refractivity contribution >= 4 is 5.91 Å². The van der Waals surface area contributed by atoms with Gasteiger partial charge in [0.25, 0.3) is 0 Å². The second-order valence-corrected chi connectivity index (χ2v) is 5.70. The highest BCUT2D eigenvalue weighted by Crippen LogP contribution is 2.11. The average Bonchev–Trinajstić information content (AvgIpc) is 2.38. The molecule has 0 bridgehead atoms. The summed E-state index contributed by atoms with van der Waals surface area (Å²) in [6, 6.07) is 0.758. The Morgan fingerprint density at radius 2 is 1.89 bits per heavy atom. The van der Waals surface area contributed by atoms with Crippen molar-refractivity contribution in [3.63, 3.8) is 0 Å². The molecule has 0 aromatic rings. The van der Waals surface area contributed by atoms with E-state index < -0.39 is 0 Å². The minimum absolute atomic E-state index is 0.215. The number of amides is 1. The van der Waals surface area contributed by atoms with Gasteiger partial charge in [-0.3, -0.25) is 4.79 Å². The summed E-state index contributed by atoms with van der Waals surface area (Å²) in [5, 5.41) is 3.43. The number of nitrogens with zero attached hydrogens (tertiary/aromatic N) is 1. The van der Waals surface area contributed by atoms with E-state index >= 15 is 0 Å². The Balaban J connectivity index is 1.65. The molecule has 110 valence electrons. The van der Waals surface area contributed by atoms with Crippen LogP contribution in [0.15, 0.2) is 0 Å². The normalized spacial score (nSPS) is 29.5. The molecule has 5 heteroatoms. The number of carbonyl (C=O) groups is 1. The van der Waals surface area contributed by atoms with E-state index in [0.717, 1.165) is 39.1 Å². The summed E-state index contributed by atoms with van der Waals surface area (Å²) in [7, 11) is 0. The lowest BCUT2D eigenvalue weighted by Gasteiger charge is -2.36. The third-order valence-electron chi connectivity index (χ3n) is 3.75. The number of carbonyl (C=O) groups excluding carboxylic acids is 1. The van der Waals surface area contributed by atoms with E-state index in [1.165, 1.54) is 0 Å². The van der Waals surface area contributed by atoms with Crippen LogP contribution in [0.4, 0.5) is 0 Å². The Kier molecular flexibility index (Phi) is 5.60. The summed E-state index contributed by atoms with van der Waals surface area (Å²) in [6.45, 7) is 7.96. The largest absolute Gasteiger partial charge is 0.381 e. The van der Waals surface area contributed by atoms with Crippen LogP contribution in [0.25, 0.3) is 0 Å². The lowest BCUT2D eigenvalue weighted by atomic mass is 10.1. The minimum atomic E-state index is 0.215. The maximum atomic E-state index is 12.1. The van der Waals surface area contributed by atoms with E-state index in [4.69, 9.17) is 9.47 Å². The van der Waals surface area contributed by atoms with Crippen LogP contribution < -0.4 is 5.32 Å². The maximum Gasteiger partial charge on any atom is 0.224 e. The smallest absolute Gasteiger partial charge is 0.224 e. The number of hydrogen-bond acceptors (Lipinski definition) is 4. The quantitative estimate of drug-likeness (QED) is 0.820. The second-order valence-electron chi connectivity index (χ2n) is 5.70. The first-order valence-corrected chi connectivity index (χ1v) is 7.38. The van der Waals surface area contributed by atoms with Crippen LogP contribution in [0, 0.1) is 0 Å². The molecule has 2 unspecified atom stereocenters. The monoisotopic (exact) mass is 270 g/mol. The van der Waals surface area contributed by atoms with Gasteiger partial charge in [0.2, 0.25) is 5.91 Å². The molecule has 0 aromatic heterocycles. The molecule has 2 fully saturated rings. The van der Waals surface area contributed by atoms with Gasteiger partial charge in [-0.25, -0.2) is 0 Å². The summed E-state index contributed by atoms with van der Waals surface area (Å²) in [5.74, 6) is 0.215. The fraction of sp³-hybridized carbons (Fsp3) is 0.929. The highest BCUT2D eigenvalue weighted by Gasteiger charge is 2.24. The molecule has 0 aromatic carbocycles.